The van der Waals surface area contributed by atoms with E-state index < -0.39 is 5.97 Å². The second-order valence-electron chi connectivity index (χ2n) is 4.40. The first-order valence-electron chi connectivity index (χ1n) is 6.47. The Morgan fingerprint density at radius 2 is 1.55 bits per heavy atom. The summed E-state index contributed by atoms with van der Waals surface area (Å²) in [5.41, 5.74) is 7.69. The minimum atomic E-state index is -0.916. The first-order valence-corrected chi connectivity index (χ1v) is 6.47. The molecule has 0 bridgehead atoms. The molecule has 0 fully saturated rings. The molecule has 0 spiro atoms. The molecule has 0 saturated heterocycles. The van der Waals surface area contributed by atoms with Gasteiger partial charge in [-0.2, -0.15) is 0 Å². The highest BCUT2D eigenvalue weighted by Gasteiger charge is 2.03. The van der Waals surface area contributed by atoms with Crippen molar-refractivity contribution in [3.8, 4) is 16.9 Å². The van der Waals surface area contributed by atoms with Crippen LogP contribution in [0.2, 0.25) is 0 Å². The van der Waals surface area contributed by atoms with Crippen LogP contribution >= 0.6 is 0 Å². The van der Waals surface area contributed by atoms with Crippen molar-refractivity contribution < 1.29 is 14.6 Å². The molecule has 0 aliphatic carbocycles. The fourth-order valence-electron chi connectivity index (χ4n) is 1.82. The molecule has 0 unspecified atom stereocenters. The monoisotopic (exact) mass is 271 g/mol. The number of carboxylic acids is 1. The Bertz CT molecular complexity index is 561. The van der Waals surface area contributed by atoms with E-state index in [-0.39, 0.29) is 5.56 Å². The normalized spacial score (nSPS) is 10.2. The van der Waals surface area contributed by atoms with Crippen molar-refractivity contribution in [3.63, 3.8) is 0 Å². The van der Waals surface area contributed by atoms with E-state index in [0.717, 1.165) is 23.3 Å². The summed E-state index contributed by atoms with van der Waals surface area (Å²) in [6, 6.07) is 14.5. The number of nitrogens with two attached hydrogens (primary N) is 1. The molecule has 2 aromatic carbocycles. The van der Waals surface area contributed by atoms with Crippen molar-refractivity contribution in [3.05, 3.63) is 54.1 Å². The Morgan fingerprint density at radius 1 is 1.00 bits per heavy atom. The van der Waals surface area contributed by atoms with Crippen LogP contribution in [0.15, 0.2) is 48.5 Å². The molecule has 0 radical (unpaired) electrons. The van der Waals surface area contributed by atoms with Gasteiger partial charge < -0.3 is 15.6 Å². The van der Waals surface area contributed by atoms with Crippen molar-refractivity contribution >= 4 is 5.97 Å². The Balaban J connectivity index is 2.07. The molecular formula is C16H17NO3. The number of rotatable bonds is 6. The Hall–Kier alpha value is -2.33. The van der Waals surface area contributed by atoms with Crippen LogP contribution in [0, 0.1) is 0 Å². The SMILES string of the molecule is NCCCOc1ccc(-c2ccc(C(=O)O)cc2)cc1. The summed E-state index contributed by atoms with van der Waals surface area (Å²) in [6.07, 6.45) is 0.832. The molecule has 20 heavy (non-hydrogen) atoms. The molecule has 0 saturated carbocycles. The van der Waals surface area contributed by atoms with Gasteiger partial charge >= 0.3 is 5.97 Å². The van der Waals surface area contributed by atoms with Gasteiger partial charge in [0.1, 0.15) is 5.75 Å². The molecular weight excluding hydrogens is 254 g/mol. The van der Waals surface area contributed by atoms with Gasteiger partial charge in [0.25, 0.3) is 0 Å². The molecule has 0 amide bonds. The number of hydrogen-bond donors (Lipinski definition) is 2. The van der Waals surface area contributed by atoms with Gasteiger partial charge in [0.2, 0.25) is 0 Å². The molecule has 3 N–H and O–H groups in total. The molecule has 4 heteroatoms. The van der Waals surface area contributed by atoms with Crippen molar-refractivity contribution in [2.45, 2.75) is 6.42 Å². The van der Waals surface area contributed by atoms with Gasteiger partial charge in [-0.25, -0.2) is 4.79 Å². The molecule has 0 aliphatic heterocycles. The second-order valence-corrected chi connectivity index (χ2v) is 4.40. The molecule has 0 heterocycles. The molecule has 0 aliphatic rings. The average Bonchev–Trinajstić information content (AvgIpc) is 2.48. The van der Waals surface area contributed by atoms with Gasteiger partial charge in [-0.1, -0.05) is 24.3 Å². The Morgan fingerprint density at radius 3 is 2.05 bits per heavy atom. The zero-order valence-corrected chi connectivity index (χ0v) is 11.1. The van der Waals surface area contributed by atoms with Crippen molar-refractivity contribution in [1.82, 2.24) is 0 Å². The maximum Gasteiger partial charge on any atom is 0.335 e. The van der Waals surface area contributed by atoms with Crippen LogP contribution in [0.4, 0.5) is 0 Å². The fraction of sp³-hybridized carbons (Fsp3) is 0.188. The van der Waals surface area contributed by atoms with Gasteiger partial charge in [-0.3, -0.25) is 0 Å². The molecule has 2 rings (SSSR count). The van der Waals surface area contributed by atoms with Crippen LogP contribution in [0.5, 0.6) is 5.75 Å². The summed E-state index contributed by atoms with van der Waals surface area (Å²) in [5.74, 6) is -0.107. The predicted molar refractivity (Wildman–Crippen MR) is 78.0 cm³/mol. The molecule has 2 aromatic rings. The maximum atomic E-state index is 10.8. The molecule has 4 nitrogen and oxygen atoms in total. The van der Waals surface area contributed by atoms with Crippen LogP contribution in [-0.2, 0) is 0 Å². The Labute approximate surface area is 117 Å². The summed E-state index contributed by atoms with van der Waals surface area (Å²) in [4.78, 5) is 10.8. The third-order valence-corrected chi connectivity index (χ3v) is 2.94. The number of carbonyl (C=O) groups is 1. The van der Waals surface area contributed by atoms with E-state index in [0.29, 0.717) is 13.2 Å². The van der Waals surface area contributed by atoms with E-state index in [2.05, 4.69) is 0 Å². The fourth-order valence-corrected chi connectivity index (χ4v) is 1.82. The minimum absolute atomic E-state index is 0.287. The van der Waals surface area contributed by atoms with Gasteiger partial charge in [0.05, 0.1) is 12.2 Å². The molecule has 0 aromatic heterocycles. The van der Waals surface area contributed by atoms with Gasteiger partial charge in [0, 0.05) is 0 Å². The third kappa shape index (κ3) is 3.59. The van der Waals surface area contributed by atoms with Crippen LogP contribution < -0.4 is 10.5 Å². The molecule has 0 atom stereocenters. The van der Waals surface area contributed by atoms with Gasteiger partial charge in [-0.15, -0.1) is 0 Å². The third-order valence-electron chi connectivity index (χ3n) is 2.94. The van der Waals surface area contributed by atoms with Crippen molar-refractivity contribution in [2.24, 2.45) is 5.73 Å². The standard InChI is InChI=1S/C16H17NO3/c17-10-1-11-20-15-8-6-13(7-9-15)12-2-4-14(5-3-12)16(18)19/h2-9H,1,10-11,17H2,(H,18,19). The van der Waals surface area contributed by atoms with Crippen LogP contribution in [0.1, 0.15) is 16.8 Å². The maximum absolute atomic E-state index is 10.8. The number of hydrogen-bond acceptors (Lipinski definition) is 3. The van der Waals surface area contributed by atoms with Crippen molar-refractivity contribution in [2.75, 3.05) is 13.2 Å². The minimum Gasteiger partial charge on any atom is -0.494 e. The second kappa shape index (κ2) is 6.73. The number of carboxylic acid groups (broad SMARTS) is 1. The number of aromatic carboxylic acids is 1. The smallest absolute Gasteiger partial charge is 0.335 e. The van der Waals surface area contributed by atoms with Gasteiger partial charge in [0.15, 0.2) is 0 Å². The number of benzene rings is 2. The lowest BCUT2D eigenvalue weighted by atomic mass is 10.0. The zero-order chi connectivity index (χ0) is 14.4. The van der Waals surface area contributed by atoms with E-state index in [4.69, 9.17) is 15.6 Å². The van der Waals surface area contributed by atoms with E-state index in [9.17, 15) is 4.79 Å². The highest BCUT2D eigenvalue weighted by molar-refractivity contribution is 5.88. The summed E-state index contributed by atoms with van der Waals surface area (Å²) in [6.45, 7) is 1.23. The van der Waals surface area contributed by atoms with E-state index in [1.165, 1.54) is 0 Å². The quantitative estimate of drug-likeness (QED) is 0.792. The van der Waals surface area contributed by atoms with E-state index >= 15 is 0 Å². The number of ether oxygens (including phenoxy) is 1. The largest absolute Gasteiger partial charge is 0.494 e. The van der Waals surface area contributed by atoms with E-state index in [1.807, 2.05) is 24.3 Å². The lowest BCUT2D eigenvalue weighted by Crippen LogP contribution is -2.05. The summed E-state index contributed by atoms with van der Waals surface area (Å²) < 4.78 is 5.53. The van der Waals surface area contributed by atoms with E-state index in [1.54, 1.807) is 24.3 Å². The highest BCUT2D eigenvalue weighted by Crippen LogP contribution is 2.22. The highest BCUT2D eigenvalue weighted by atomic mass is 16.5. The Kier molecular flexibility index (Phi) is 4.74. The molecule has 104 valence electrons. The van der Waals surface area contributed by atoms with Crippen LogP contribution in [0.25, 0.3) is 11.1 Å². The lowest BCUT2D eigenvalue weighted by molar-refractivity contribution is 0.0697. The average molecular weight is 271 g/mol. The van der Waals surface area contributed by atoms with Gasteiger partial charge in [-0.05, 0) is 48.4 Å². The summed E-state index contributed by atoms with van der Waals surface area (Å²) in [5, 5.41) is 8.86. The van der Waals surface area contributed by atoms with Crippen LogP contribution in [-0.4, -0.2) is 24.2 Å². The summed E-state index contributed by atoms with van der Waals surface area (Å²) >= 11 is 0. The first kappa shape index (κ1) is 14.1. The van der Waals surface area contributed by atoms with Crippen LogP contribution in [0.3, 0.4) is 0 Å². The van der Waals surface area contributed by atoms with Crippen molar-refractivity contribution in [1.29, 1.82) is 0 Å². The summed E-state index contributed by atoms with van der Waals surface area (Å²) in [7, 11) is 0. The zero-order valence-electron chi connectivity index (χ0n) is 11.1. The first-order chi connectivity index (χ1) is 9.70. The topological polar surface area (TPSA) is 72.5 Å². The predicted octanol–water partition coefficient (Wildman–Crippen LogP) is 2.78. The lowest BCUT2D eigenvalue weighted by Gasteiger charge is -2.07.